The summed E-state index contributed by atoms with van der Waals surface area (Å²) in [4.78, 5) is 24.0. The highest BCUT2D eigenvalue weighted by atomic mass is 79.9. The number of anilines is 1. The molecule has 2 amide bonds. The molecule has 1 aliphatic carbocycles. The summed E-state index contributed by atoms with van der Waals surface area (Å²) in [6, 6.07) is 7.39. The van der Waals surface area contributed by atoms with Gasteiger partial charge in [0.1, 0.15) is 0 Å². The van der Waals surface area contributed by atoms with Crippen LogP contribution >= 0.6 is 15.9 Å². The Labute approximate surface area is 151 Å². The summed E-state index contributed by atoms with van der Waals surface area (Å²) in [7, 11) is 0. The smallest absolute Gasteiger partial charge is 0.226 e. The Kier molecular flexibility index (Phi) is 7.24. The SMILES string of the molecule is NCC1(CC(=O)NCCC(=O)Nc2ccc(Br)cc2)CCCCC1. The van der Waals surface area contributed by atoms with Crippen molar-refractivity contribution in [2.75, 3.05) is 18.4 Å². The summed E-state index contributed by atoms with van der Waals surface area (Å²) in [5.41, 5.74) is 6.62. The highest BCUT2D eigenvalue weighted by Crippen LogP contribution is 2.38. The van der Waals surface area contributed by atoms with E-state index in [0.717, 1.165) is 35.8 Å². The highest BCUT2D eigenvalue weighted by Gasteiger charge is 2.32. The van der Waals surface area contributed by atoms with Gasteiger partial charge in [-0.15, -0.1) is 0 Å². The van der Waals surface area contributed by atoms with Gasteiger partial charge >= 0.3 is 0 Å². The van der Waals surface area contributed by atoms with E-state index in [-0.39, 0.29) is 23.7 Å². The molecule has 0 atom stereocenters. The normalized spacial score (nSPS) is 16.4. The quantitative estimate of drug-likeness (QED) is 0.662. The van der Waals surface area contributed by atoms with Crippen LogP contribution in [0.1, 0.15) is 44.9 Å². The van der Waals surface area contributed by atoms with Gasteiger partial charge in [0.05, 0.1) is 0 Å². The fourth-order valence-electron chi connectivity index (χ4n) is 3.23. The number of nitrogens with two attached hydrogens (primary N) is 1. The molecule has 1 aromatic rings. The van der Waals surface area contributed by atoms with Crippen LogP contribution in [-0.4, -0.2) is 24.9 Å². The second-order valence-corrected chi connectivity index (χ2v) is 7.51. The third-order valence-electron chi connectivity index (χ3n) is 4.68. The van der Waals surface area contributed by atoms with Crippen LogP contribution in [0, 0.1) is 5.41 Å². The minimum atomic E-state index is -0.108. The predicted molar refractivity (Wildman–Crippen MR) is 99.6 cm³/mol. The van der Waals surface area contributed by atoms with Gasteiger partial charge in [0.15, 0.2) is 0 Å². The number of rotatable bonds is 7. The minimum absolute atomic E-state index is 0.00112. The maximum atomic E-state index is 12.1. The molecular weight excluding hydrogens is 370 g/mol. The van der Waals surface area contributed by atoms with Crippen LogP contribution in [0.15, 0.2) is 28.7 Å². The monoisotopic (exact) mass is 395 g/mol. The van der Waals surface area contributed by atoms with Gasteiger partial charge in [-0.05, 0) is 49.1 Å². The number of nitrogens with one attached hydrogen (secondary N) is 2. The molecule has 0 saturated heterocycles. The van der Waals surface area contributed by atoms with E-state index in [4.69, 9.17) is 5.73 Å². The molecule has 2 rings (SSSR count). The molecule has 0 bridgehead atoms. The first-order chi connectivity index (χ1) is 11.5. The van der Waals surface area contributed by atoms with E-state index in [1.54, 1.807) is 0 Å². The third kappa shape index (κ3) is 5.91. The molecule has 1 aliphatic rings. The summed E-state index contributed by atoms with van der Waals surface area (Å²) >= 11 is 3.35. The van der Waals surface area contributed by atoms with Gasteiger partial charge in [0.25, 0.3) is 0 Å². The van der Waals surface area contributed by atoms with Crippen molar-refractivity contribution >= 4 is 33.4 Å². The number of hydrogen-bond acceptors (Lipinski definition) is 3. The van der Waals surface area contributed by atoms with Crippen molar-refractivity contribution in [2.24, 2.45) is 11.1 Å². The van der Waals surface area contributed by atoms with Crippen LogP contribution < -0.4 is 16.4 Å². The molecule has 0 aromatic heterocycles. The van der Waals surface area contributed by atoms with Gasteiger partial charge in [-0.1, -0.05) is 35.2 Å². The number of amides is 2. The summed E-state index contributed by atoms with van der Waals surface area (Å²) in [6.07, 6.45) is 6.33. The van der Waals surface area contributed by atoms with Gasteiger partial charge in [-0.2, -0.15) is 0 Å². The molecule has 1 aromatic carbocycles. The molecule has 0 aliphatic heterocycles. The first kappa shape index (κ1) is 18.9. The van der Waals surface area contributed by atoms with Crippen LogP contribution in [-0.2, 0) is 9.59 Å². The molecule has 0 heterocycles. The maximum absolute atomic E-state index is 12.1. The number of carbonyl (C=O) groups excluding carboxylic acids is 2. The van der Waals surface area contributed by atoms with Crippen molar-refractivity contribution < 1.29 is 9.59 Å². The van der Waals surface area contributed by atoms with Crippen molar-refractivity contribution in [1.82, 2.24) is 5.32 Å². The Balaban J connectivity index is 1.69. The summed E-state index contributed by atoms with van der Waals surface area (Å²) in [5.74, 6) is -0.109. The predicted octanol–water partition coefficient (Wildman–Crippen LogP) is 3.19. The molecule has 0 unspecified atom stereocenters. The van der Waals surface area contributed by atoms with Crippen LogP contribution in [0.2, 0.25) is 0 Å². The second-order valence-electron chi connectivity index (χ2n) is 6.60. The molecule has 4 N–H and O–H groups in total. The molecule has 0 radical (unpaired) electrons. The van der Waals surface area contributed by atoms with Crippen molar-refractivity contribution in [2.45, 2.75) is 44.9 Å². The fourth-order valence-corrected chi connectivity index (χ4v) is 3.49. The van der Waals surface area contributed by atoms with Crippen LogP contribution in [0.3, 0.4) is 0 Å². The number of carbonyl (C=O) groups is 2. The minimum Gasteiger partial charge on any atom is -0.356 e. The van der Waals surface area contributed by atoms with Gasteiger partial charge < -0.3 is 16.4 Å². The second kappa shape index (κ2) is 9.18. The zero-order valence-corrected chi connectivity index (χ0v) is 15.5. The van der Waals surface area contributed by atoms with Crippen molar-refractivity contribution in [1.29, 1.82) is 0 Å². The van der Waals surface area contributed by atoms with Crippen LogP contribution in [0.5, 0.6) is 0 Å². The lowest BCUT2D eigenvalue weighted by atomic mass is 9.71. The van der Waals surface area contributed by atoms with E-state index >= 15 is 0 Å². The highest BCUT2D eigenvalue weighted by molar-refractivity contribution is 9.10. The Bertz CT molecular complexity index is 554. The molecule has 1 fully saturated rings. The third-order valence-corrected chi connectivity index (χ3v) is 5.21. The van der Waals surface area contributed by atoms with Gasteiger partial charge in [0.2, 0.25) is 11.8 Å². The molecule has 0 spiro atoms. The first-order valence-electron chi connectivity index (χ1n) is 8.55. The Hall–Kier alpha value is -1.40. The summed E-state index contributed by atoms with van der Waals surface area (Å²) in [5, 5.41) is 5.66. The average molecular weight is 396 g/mol. The molecule has 1 saturated carbocycles. The molecular formula is C18H26BrN3O2. The van der Waals surface area contributed by atoms with E-state index in [1.165, 1.54) is 6.42 Å². The van der Waals surface area contributed by atoms with Crippen molar-refractivity contribution in [3.05, 3.63) is 28.7 Å². The topological polar surface area (TPSA) is 84.2 Å². The molecule has 5 nitrogen and oxygen atoms in total. The Morgan fingerprint density at radius 2 is 1.75 bits per heavy atom. The van der Waals surface area contributed by atoms with Gasteiger partial charge in [-0.3, -0.25) is 9.59 Å². The number of benzene rings is 1. The lowest BCUT2D eigenvalue weighted by molar-refractivity contribution is -0.124. The first-order valence-corrected chi connectivity index (χ1v) is 9.34. The summed E-state index contributed by atoms with van der Waals surface area (Å²) in [6.45, 7) is 0.909. The average Bonchev–Trinajstić information content (AvgIpc) is 2.58. The zero-order valence-electron chi connectivity index (χ0n) is 13.9. The zero-order chi connectivity index (χ0) is 17.4. The van der Waals surface area contributed by atoms with E-state index in [0.29, 0.717) is 19.5 Å². The number of hydrogen-bond donors (Lipinski definition) is 3. The summed E-state index contributed by atoms with van der Waals surface area (Å²) < 4.78 is 0.962. The van der Waals surface area contributed by atoms with E-state index in [2.05, 4.69) is 26.6 Å². The van der Waals surface area contributed by atoms with Crippen molar-refractivity contribution in [3.63, 3.8) is 0 Å². The van der Waals surface area contributed by atoms with Crippen LogP contribution in [0.4, 0.5) is 5.69 Å². The molecule has 24 heavy (non-hydrogen) atoms. The lowest BCUT2D eigenvalue weighted by Gasteiger charge is -2.35. The van der Waals surface area contributed by atoms with Gasteiger partial charge in [-0.25, -0.2) is 0 Å². The standard InChI is InChI=1S/C18H26BrN3O2/c19-14-4-6-15(7-5-14)22-16(23)8-11-21-17(24)12-18(13-20)9-2-1-3-10-18/h4-7H,1-3,8-13,20H2,(H,21,24)(H,22,23). The van der Waals surface area contributed by atoms with Gasteiger partial charge in [0, 0.05) is 29.5 Å². The molecule has 6 heteroatoms. The van der Waals surface area contributed by atoms with E-state index in [1.807, 2.05) is 24.3 Å². The van der Waals surface area contributed by atoms with E-state index in [9.17, 15) is 9.59 Å². The lowest BCUT2D eigenvalue weighted by Crippen LogP contribution is -2.39. The largest absolute Gasteiger partial charge is 0.356 e. The number of halogens is 1. The fraction of sp³-hybridized carbons (Fsp3) is 0.556. The maximum Gasteiger partial charge on any atom is 0.226 e. The van der Waals surface area contributed by atoms with Crippen LogP contribution in [0.25, 0.3) is 0 Å². The molecule has 132 valence electrons. The van der Waals surface area contributed by atoms with Crippen molar-refractivity contribution in [3.8, 4) is 0 Å². The Morgan fingerprint density at radius 3 is 2.38 bits per heavy atom. The Morgan fingerprint density at radius 1 is 1.08 bits per heavy atom. The van der Waals surface area contributed by atoms with E-state index < -0.39 is 0 Å².